The minimum Gasteiger partial charge on any atom is -0.481 e. The number of aliphatic carboxylic acids is 1. The maximum atomic E-state index is 10.6. The summed E-state index contributed by atoms with van der Waals surface area (Å²) in [5.74, 6) is -0.799. The highest BCUT2D eigenvalue weighted by atomic mass is 16.4. The number of rotatable bonds is 2. The second-order valence-electron chi connectivity index (χ2n) is 3.38. The molecule has 0 aliphatic rings. The quantitative estimate of drug-likeness (QED) is 0.760. The normalized spacial score (nSPS) is 10.6. The Balaban J connectivity index is 2.58. The van der Waals surface area contributed by atoms with Gasteiger partial charge in [0.1, 0.15) is 0 Å². The molecule has 1 aromatic carbocycles. The highest BCUT2D eigenvalue weighted by Crippen LogP contribution is 2.21. The zero-order valence-electron chi connectivity index (χ0n) is 7.87. The van der Waals surface area contributed by atoms with Crippen molar-refractivity contribution in [3.8, 4) is 0 Å². The summed E-state index contributed by atoms with van der Waals surface area (Å²) in [6, 6.07) is 5.89. The fourth-order valence-electron chi connectivity index (χ4n) is 1.67. The number of aromatic amines is 1. The van der Waals surface area contributed by atoms with E-state index in [0.717, 1.165) is 22.0 Å². The molecule has 0 aliphatic heterocycles. The SMILES string of the molecule is Cc1cccc2c(CC(=O)O)c[nH]c12. The predicted octanol–water partition coefficient (Wildman–Crippen LogP) is 2.10. The van der Waals surface area contributed by atoms with Gasteiger partial charge < -0.3 is 10.1 Å². The van der Waals surface area contributed by atoms with Crippen LogP contribution in [0.15, 0.2) is 24.4 Å². The first-order chi connectivity index (χ1) is 6.68. The van der Waals surface area contributed by atoms with E-state index in [4.69, 9.17) is 5.11 Å². The molecule has 14 heavy (non-hydrogen) atoms. The van der Waals surface area contributed by atoms with E-state index in [0.29, 0.717) is 0 Å². The van der Waals surface area contributed by atoms with Crippen molar-refractivity contribution in [2.24, 2.45) is 0 Å². The minimum atomic E-state index is -0.799. The topological polar surface area (TPSA) is 53.1 Å². The van der Waals surface area contributed by atoms with Crippen molar-refractivity contribution in [3.05, 3.63) is 35.5 Å². The Morgan fingerprint density at radius 3 is 3.00 bits per heavy atom. The number of hydrogen-bond donors (Lipinski definition) is 2. The average molecular weight is 189 g/mol. The van der Waals surface area contributed by atoms with Gasteiger partial charge in [0, 0.05) is 17.1 Å². The van der Waals surface area contributed by atoms with E-state index in [1.165, 1.54) is 0 Å². The van der Waals surface area contributed by atoms with Crippen LogP contribution in [0.25, 0.3) is 10.9 Å². The first-order valence-electron chi connectivity index (χ1n) is 4.46. The van der Waals surface area contributed by atoms with Crippen LogP contribution in [0.3, 0.4) is 0 Å². The van der Waals surface area contributed by atoms with Crippen LogP contribution in [0.4, 0.5) is 0 Å². The highest BCUT2D eigenvalue weighted by molar-refractivity contribution is 5.88. The van der Waals surface area contributed by atoms with E-state index < -0.39 is 5.97 Å². The number of H-pyrrole nitrogens is 1. The second kappa shape index (κ2) is 3.18. The van der Waals surface area contributed by atoms with E-state index in [9.17, 15) is 4.79 Å². The van der Waals surface area contributed by atoms with E-state index in [2.05, 4.69) is 4.98 Å². The van der Waals surface area contributed by atoms with Gasteiger partial charge in [-0.15, -0.1) is 0 Å². The number of aromatic nitrogens is 1. The van der Waals surface area contributed by atoms with Gasteiger partial charge in [-0.05, 0) is 18.1 Å². The van der Waals surface area contributed by atoms with E-state index in [1.807, 2.05) is 25.1 Å². The van der Waals surface area contributed by atoms with Crippen molar-refractivity contribution in [2.45, 2.75) is 13.3 Å². The monoisotopic (exact) mass is 189 g/mol. The molecule has 0 amide bonds. The summed E-state index contributed by atoms with van der Waals surface area (Å²) < 4.78 is 0. The third kappa shape index (κ3) is 1.37. The van der Waals surface area contributed by atoms with Crippen LogP contribution in [0.5, 0.6) is 0 Å². The molecular formula is C11H11NO2. The molecule has 0 fully saturated rings. The number of nitrogens with one attached hydrogen (secondary N) is 1. The number of hydrogen-bond acceptors (Lipinski definition) is 1. The van der Waals surface area contributed by atoms with Crippen molar-refractivity contribution in [2.75, 3.05) is 0 Å². The van der Waals surface area contributed by atoms with Gasteiger partial charge >= 0.3 is 5.97 Å². The van der Waals surface area contributed by atoms with Crippen LogP contribution >= 0.6 is 0 Å². The molecule has 0 atom stereocenters. The van der Waals surface area contributed by atoms with E-state index in [-0.39, 0.29) is 6.42 Å². The Bertz CT molecular complexity index is 485. The van der Waals surface area contributed by atoms with Crippen molar-refractivity contribution in [1.82, 2.24) is 4.98 Å². The summed E-state index contributed by atoms with van der Waals surface area (Å²) in [6.07, 6.45) is 1.84. The minimum absolute atomic E-state index is 0.0729. The van der Waals surface area contributed by atoms with Crippen LogP contribution in [-0.2, 0) is 11.2 Å². The summed E-state index contributed by atoms with van der Waals surface area (Å²) in [5.41, 5.74) is 3.01. The van der Waals surface area contributed by atoms with Gasteiger partial charge in [-0.25, -0.2) is 0 Å². The lowest BCUT2D eigenvalue weighted by Crippen LogP contribution is -1.98. The van der Waals surface area contributed by atoms with Gasteiger partial charge in [0.05, 0.1) is 6.42 Å². The highest BCUT2D eigenvalue weighted by Gasteiger charge is 2.07. The largest absolute Gasteiger partial charge is 0.481 e. The fourth-order valence-corrected chi connectivity index (χ4v) is 1.67. The van der Waals surface area contributed by atoms with Gasteiger partial charge in [-0.1, -0.05) is 18.2 Å². The average Bonchev–Trinajstić information content (AvgIpc) is 2.49. The molecule has 2 aromatic rings. The van der Waals surface area contributed by atoms with Crippen LogP contribution in [0.2, 0.25) is 0 Å². The molecular weight excluding hydrogens is 178 g/mol. The zero-order chi connectivity index (χ0) is 10.1. The summed E-state index contributed by atoms with van der Waals surface area (Å²) in [7, 11) is 0. The van der Waals surface area contributed by atoms with Crippen LogP contribution in [0, 0.1) is 6.92 Å². The molecule has 0 aliphatic carbocycles. The third-order valence-corrected chi connectivity index (χ3v) is 2.35. The molecule has 0 unspecified atom stereocenters. The number of para-hydroxylation sites is 1. The van der Waals surface area contributed by atoms with E-state index in [1.54, 1.807) is 6.20 Å². The van der Waals surface area contributed by atoms with Crippen LogP contribution in [0.1, 0.15) is 11.1 Å². The van der Waals surface area contributed by atoms with Gasteiger partial charge in [-0.3, -0.25) is 4.79 Å². The van der Waals surface area contributed by atoms with Crippen molar-refractivity contribution >= 4 is 16.9 Å². The molecule has 2 rings (SSSR count). The first-order valence-corrected chi connectivity index (χ1v) is 4.46. The van der Waals surface area contributed by atoms with Gasteiger partial charge in [0.15, 0.2) is 0 Å². The maximum Gasteiger partial charge on any atom is 0.307 e. The maximum absolute atomic E-state index is 10.6. The molecule has 3 nitrogen and oxygen atoms in total. The second-order valence-corrected chi connectivity index (χ2v) is 3.38. The van der Waals surface area contributed by atoms with Gasteiger partial charge in [0.2, 0.25) is 0 Å². The Hall–Kier alpha value is -1.77. The van der Waals surface area contributed by atoms with Crippen molar-refractivity contribution in [3.63, 3.8) is 0 Å². The Kier molecular flexibility index (Phi) is 2.00. The Morgan fingerprint density at radius 1 is 1.50 bits per heavy atom. The lowest BCUT2D eigenvalue weighted by molar-refractivity contribution is -0.136. The van der Waals surface area contributed by atoms with Gasteiger partial charge in [-0.2, -0.15) is 0 Å². The van der Waals surface area contributed by atoms with Crippen molar-refractivity contribution < 1.29 is 9.90 Å². The summed E-state index contributed by atoms with van der Waals surface area (Å²) in [4.78, 5) is 13.7. The number of fused-ring (bicyclic) bond motifs is 1. The number of carbonyl (C=O) groups is 1. The molecule has 0 radical (unpaired) electrons. The molecule has 2 N–H and O–H groups in total. The molecule has 3 heteroatoms. The lowest BCUT2D eigenvalue weighted by Gasteiger charge is -1.96. The summed E-state index contributed by atoms with van der Waals surface area (Å²) >= 11 is 0. The number of carboxylic acids is 1. The molecule has 0 saturated heterocycles. The van der Waals surface area contributed by atoms with Crippen LogP contribution in [-0.4, -0.2) is 16.1 Å². The molecule has 1 heterocycles. The lowest BCUT2D eigenvalue weighted by atomic mass is 10.1. The molecule has 0 bridgehead atoms. The van der Waals surface area contributed by atoms with Crippen LogP contribution < -0.4 is 0 Å². The summed E-state index contributed by atoms with van der Waals surface area (Å²) in [6.45, 7) is 2.00. The number of carboxylic acid groups (broad SMARTS) is 1. The Labute approximate surface area is 81.4 Å². The molecule has 72 valence electrons. The smallest absolute Gasteiger partial charge is 0.307 e. The molecule has 0 spiro atoms. The number of benzene rings is 1. The van der Waals surface area contributed by atoms with Crippen molar-refractivity contribution in [1.29, 1.82) is 0 Å². The molecule has 0 saturated carbocycles. The summed E-state index contributed by atoms with van der Waals surface area (Å²) in [5, 5.41) is 9.71. The predicted molar refractivity (Wildman–Crippen MR) is 54.4 cm³/mol. The standard InChI is InChI=1S/C11H11NO2/c1-7-3-2-4-9-8(5-10(13)14)6-12-11(7)9/h2-4,6,12H,5H2,1H3,(H,13,14). The molecule has 1 aromatic heterocycles. The van der Waals surface area contributed by atoms with Gasteiger partial charge in [0.25, 0.3) is 0 Å². The Morgan fingerprint density at radius 2 is 2.29 bits per heavy atom. The fraction of sp³-hybridized carbons (Fsp3) is 0.182. The number of aryl methyl sites for hydroxylation is 1. The van der Waals surface area contributed by atoms with E-state index >= 15 is 0 Å². The first kappa shape index (κ1) is 8.81. The zero-order valence-corrected chi connectivity index (χ0v) is 7.87. The third-order valence-electron chi connectivity index (χ3n) is 2.35.